The van der Waals surface area contributed by atoms with E-state index in [1.165, 1.54) is 108 Å². The molecule has 1 nitrogen and oxygen atoms in total. The van der Waals surface area contributed by atoms with Gasteiger partial charge in [0.1, 0.15) is 0 Å². The molecule has 0 atom stereocenters. The van der Waals surface area contributed by atoms with Gasteiger partial charge in [-0.05, 0) is 109 Å². The molecule has 0 spiro atoms. The molecule has 0 amide bonds. The van der Waals surface area contributed by atoms with E-state index < -0.39 is 0 Å². The van der Waals surface area contributed by atoms with E-state index in [2.05, 4.69) is 205 Å². The van der Waals surface area contributed by atoms with Gasteiger partial charge in [0, 0.05) is 42.0 Å². The van der Waals surface area contributed by atoms with E-state index in [9.17, 15) is 0 Å². The minimum atomic E-state index is 1.16. The average Bonchev–Trinajstić information content (AvgIpc) is 3.82. The topological polar surface area (TPSA) is 4.93 Å². The Balaban J connectivity index is 1.14. The smallest absolute Gasteiger partial charge is 0.0541 e. The quantitative estimate of drug-likeness (QED) is 0.159. The third-order valence-electron chi connectivity index (χ3n) is 11.8. The first-order valence-corrected chi connectivity index (χ1v) is 20.1. The molecule has 12 aromatic rings. The lowest BCUT2D eigenvalue weighted by Gasteiger charge is -2.16. The fourth-order valence-corrected chi connectivity index (χ4v) is 10.5. The van der Waals surface area contributed by atoms with Crippen LogP contribution in [-0.4, -0.2) is 4.57 Å². The van der Waals surface area contributed by atoms with Crippen molar-refractivity contribution in [3.05, 3.63) is 200 Å². The van der Waals surface area contributed by atoms with Crippen molar-refractivity contribution in [1.82, 2.24) is 4.57 Å². The number of nitrogens with zero attached hydrogens (tertiary/aromatic N) is 1. The third kappa shape index (κ3) is 4.67. The van der Waals surface area contributed by atoms with Crippen molar-refractivity contribution in [3.8, 4) is 39.1 Å². The van der Waals surface area contributed by atoms with Crippen LogP contribution in [0.3, 0.4) is 0 Å². The summed E-state index contributed by atoms with van der Waals surface area (Å²) in [6.45, 7) is 0. The van der Waals surface area contributed by atoms with Crippen molar-refractivity contribution >= 4 is 85.6 Å². The second kappa shape index (κ2) is 12.3. The van der Waals surface area contributed by atoms with Gasteiger partial charge in [0.2, 0.25) is 0 Å². The fourth-order valence-electron chi connectivity index (χ4n) is 9.24. The van der Waals surface area contributed by atoms with Gasteiger partial charge in [0.15, 0.2) is 0 Å². The van der Waals surface area contributed by atoms with Crippen LogP contribution < -0.4 is 0 Å². The van der Waals surface area contributed by atoms with Gasteiger partial charge in [-0.15, -0.1) is 11.3 Å². The maximum absolute atomic E-state index is 2.48. The summed E-state index contributed by atoms with van der Waals surface area (Å²) in [5.74, 6) is 0. The van der Waals surface area contributed by atoms with E-state index in [4.69, 9.17) is 0 Å². The molecular formula is C54H33NS. The predicted molar refractivity (Wildman–Crippen MR) is 242 cm³/mol. The van der Waals surface area contributed by atoms with Gasteiger partial charge in [0.25, 0.3) is 0 Å². The number of aromatic nitrogens is 1. The highest BCUT2D eigenvalue weighted by Crippen LogP contribution is 2.48. The van der Waals surface area contributed by atoms with Gasteiger partial charge in [-0.3, -0.25) is 0 Å². The second-order valence-electron chi connectivity index (χ2n) is 14.8. The van der Waals surface area contributed by atoms with Crippen LogP contribution in [0.4, 0.5) is 0 Å². The summed E-state index contributed by atoms with van der Waals surface area (Å²) in [7, 11) is 0. The van der Waals surface area contributed by atoms with Crippen LogP contribution >= 0.6 is 11.3 Å². The predicted octanol–water partition coefficient (Wildman–Crippen LogP) is 15.6. The van der Waals surface area contributed by atoms with Crippen molar-refractivity contribution < 1.29 is 0 Å². The normalized spacial score (nSPS) is 11.9. The van der Waals surface area contributed by atoms with Crippen LogP contribution in [0.15, 0.2) is 200 Å². The largest absolute Gasteiger partial charge is 0.309 e. The molecule has 0 saturated heterocycles. The molecule has 0 radical (unpaired) electrons. The molecule has 0 bridgehead atoms. The van der Waals surface area contributed by atoms with Gasteiger partial charge in [0.05, 0.1) is 11.0 Å². The van der Waals surface area contributed by atoms with Crippen LogP contribution in [0.1, 0.15) is 0 Å². The minimum absolute atomic E-state index is 1.16. The number of fused-ring (bicyclic) bond motifs is 11. The monoisotopic (exact) mass is 727 g/mol. The molecule has 260 valence electrons. The first-order chi connectivity index (χ1) is 27.8. The molecule has 0 aliphatic rings. The Morgan fingerprint density at radius 2 is 0.982 bits per heavy atom. The molecule has 0 N–H and O–H groups in total. The summed E-state index contributed by atoms with van der Waals surface area (Å²) in [6, 6.07) is 73.9. The molecule has 0 unspecified atom stereocenters. The van der Waals surface area contributed by atoms with Gasteiger partial charge >= 0.3 is 0 Å². The number of benzene rings is 10. The fraction of sp³-hybridized carbons (Fsp3) is 0. The highest BCUT2D eigenvalue weighted by Gasteiger charge is 2.20. The van der Waals surface area contributed by atoms with Crippen LogP contribution in [0.5, 0.6) is 0 Å². The summed E-state index contributed by atoms with van der Waals surface area (Å²) in [6.07, 6.45) is 0. The highest BCUT2D eigenvalue weighted by atomic mass is 32.1. The maximum Gasteiger partial charge on any atom is 0.0541 e. The Hall–Kier alpha value is -7.00. The number of hydrogen-bond donors (Lipinski definition) is 0. The molecule has 2 heterocycles. The number of rotatable bonds is 4. The van der Waals surface area contributed by atoms with E-state index in [1.807, 2.05) is 11.3 Å². The van der Waals surface area contributed by atoms with Gasteiger partial charge in [-0.1, -0.05) is 152 Å². The zero-order valence-corrected chi connectivity index (χ0v) is 31.2. The molecule has 0 fully saturated rings. The molecule has 12 rings (SSSR count). The lowest BCUT2D eigenvalue weighted by molar-refractivity contribution is 1.18. The molecule has 2 heteroatoms. The third-order valence-corrected chi connectivity index (χ3v) is 13.0. The molecule has 0 aliphatic carbocycles. The van der Waals surface area contributed by atoms with E-state index in [-0.39, 0.29) is 0 Å². The van der Waals surface area contributed by atoms with Crippen molar-refractivity contribution in [1.29, 1.82) is 0 Å². The number of thiophene rings is 1. The van der Waals surface area contributed by atoms with E-state index in [0.29, 0.717) is 0 Å². The Kier molecular flexibility index (Phi) is 6.87. The van der Waals surface area contributed by atoms with Crippen molar-refractivity contribution in [2.75, 3.05) is 0 Å². The van der Waals surface area contributed by atoms with Crippen molar-refractivity contribution in [3.63, 3.8) is 0 Å². The maximum atomic E-state index is 2.48. The Morgan fingerprint density at radius 3 is 1.88 bits per heavy atom. The van der Waals surface area contributed by atoms with Gasteiger partial charge in [-0.25, -0.2) is 0 Å². The zero-order valence-electron chi connectivity index (χ0n) is 30.4. The lowest BCUT2D eigenvalue weighted by Crippen LogP contribution is -1.94. The van der Waals surface area contributed by atoms with Crippen LogP contribution in [0, 0.1) is 0 Å². The van der Waals surface area contributed by atoms with Crippen molar-refractivity contribution in [2.45, 2.75) is 0 Å². The first kappa shape index (κ1) is 31.4. The molecule has 2 aromatic heterocycles. The molecular weight excluding hydrogens is 695 g/mol. The molecule has 10 aromatic carbocycles. The summed E-state index contributed by atoms with van der Waals surface area (Å²) >= 11 is 1.92. The second-order valence-corrected chi connectivity index (χ2v) is 15.9. The minimum Gasteiger partial charge on any atom is -0.309 e. The number of hydrogen-bond acceptors (Lipinski definition) is 1. The van der Waals surface area contributed by atoms with Gasteiger partial charge in [-0.2, -0.15) is 0 Å². The van der Waals surface area contributed by atoms with Crippen molar-refractivity contribution in [2.24, 2.45) is 0 Å². The summed E-state index contributed by atoms with van der Waals surface area (Å²) in [5.41, 5.74) is 11.1. The summed E-state index contributed by atoms with van der Waals surface area (Å²) in [5, 5.41) is 12.9. The molecule has 0 aliphatic heterocycles. The summed E-state index contributed by atoms with van der Waals surface area (Å²) in [4.78, 5) is 0. The SMILES string of the molecule is c1ccc(-c2cccc(-n3c4ccccc4c4cc(-c5cc6c7ccccc7c(-c7cccc8ccccc78)cc6c6sc7ccccc7c56)ccc43)c2)cc1. The van der Waals surface area contributed by atoms with E-state index >= 15 is 0 Å². The lowest BCUT2D eigenvalue weighted by atomic mass is 9.88. The first-order valence-electron chi connectivity index (χ1n) is 19.3. The number of para-hydroxylation sites is 1. The van der Waals surface area contributed by atoms with Gasteiger partial charge < -0.3 is 4.57 Å². The van der Waals surface area contributed by atoms with Crippen LogP contribution in [-0.2, 0) is 0 Å². The standard InChI is InChI=1S/C54H33NS/c1-2-14-34(15-3-1)36-18-12-19-38(30-36)55-50-26-10-8-23-43(50)48-31-37(28-29-51(48)55)45-32-47-42-22-7-6-21-41(42)46(40-25-13-17-35-16-4-5-20-39(35)40)33-49(47)54-53(45)44-24-9-11-27-52(44)56-54/h1-33H. The Labute approximate surface area is 327 Å². The van der Waals surface area contributed by atoms with E-state index in [0.717, 1.165) is 5.69 Å². The molecule has 0 saturated carbocycles. The Morgan fingerprint density at radius 1 is 0.321 bits per heavy atom. The highest BCUT2D eigenvalue weighted by molar-refractivity contribution is 7.26. The summed E-state index contributed by atoms with van der Waals surface area (Å²) < 4.78 is 5.08. The van der Waals surface area contributed by atoms with E-state index in [1.54, 1.807) is 0 Å². The van der Waals surface area contributed by atoms with Crippen LogP contribution in [0.2, 0.25) is 0 Å². The zero-order chi connectivity index (χ0) is 36.7. The Bertz CT molecular complexity index is 3530. The molecule has 56 heavy (non-hydrogen) atoms. The average molecular weight is 728 g/mol. The van der Waals surface area contributed by atoms with Crippen LogP contribution in [0.25, 0.3) is 113 Å².